The first kappa shape index (κ1) is 18.4. The van der Waals surface area contributed by atoms with Gasteiger partial charge in [-0.15, -0.1) is 0 Å². The fourth-order valence-corrected chi connectivity index (χ4v) is 2.88. The molecule has 136 valence electrons. The van der Waals surface area contributed by atoms with Crippen LogP contribution in [0.25, 0.3) is 11.4 Å². The van der Waals surface area contributed by atoms with Gasteiger partial charge in [0, 0.05) is 6.92 Å². The Kier molecular flexibility index (Phi) is 5.09. The van der Waals surface area contributed by atoms with Crippen molar-refractivity contribution in [2.75, 3.05) is 7.11 Å². The molecule has 0 bridgehead atoms. The minimum absolute atomic E-state index is 0.135. The van der Waals surface area contributed by atoms with E-state index >= 15 is 0 Å². The summed E-state index contributed by atoms with van der Waals surface area (Å²) in [5.74, 6) is 0.117. The molecule has 0 saturated heterocycles. The van der Waals surface area contributed by atoms with Gasteiger partial charge in [0.15, 0.2) is 11.5 Å². The highest BCUT2D eigenvalue weighted by atomic mass is 32.1. The van der Waals surface area contributed by atoms with E-state index in [9.17, 15) is 14.4 Å². The molecule has 0 N–H and O–H groups in total. The van der Waals surface area contributed by atoms with E-state index in [1.165, 1.54) is 14.0 Å². The van der Waals surface area contributed by atoms with Gasteiger partial charge in [-0.1, -0.05) is 30.4 Å². The first-order chi connectivity index (χ1) is 12.9. The van der Waals surface area contributed by atoms with E-state index in [2.05, 4.69) is 5.10 Å². The Morgan fingerprint density at radius 1 is 0.963 bits per heavy atom. The number of carbonyl (C=O) groups is 1. The Morgan fingerprint density at radius 2 is 1.59 bits per heavy atom. The summed E-state index contributed by atoms with van der Waals surface area (Å²) in [7, 11) is 1.51. The summed E-state index contributed by atoms with van der Waals surface area (Å²) in [5, 5.41) is 4.09. The zero-order valence-corrected chi connectivity index (χ0v) is 15.4. The molecule has 2 aromatic carbocycles. The Morgan fingerprint density at radius 3 is 2.15 bits per heavy atom. The van der Waals surface area contributed by atoms with Crippen molar-refractivity contribution in [3.63, 3.8) is 0 Å². The zero-order chi connectivity index (χ0) is 19.6. The van der Waals surface area contributed by atoms with Crippen LogP contribution in [0.2, 0.25) is 0 Å². The lowest BCUT2D eigenvalue weighted by Gasteiger charge is -2.05. The van der Waals surface area contributed by atoms with Gasteiger partial charge in [0.05, 0.1) is 18.5 Å². The molecule has 1 aromatic heterocycles. The van der Waals surface area contributed by atoms with E-state index < -0.39 is 16.9 Å². The van der Waals surface area contributed by atoms with Gasteiger partial charge in [0.25, 0.3) is 0 Å². The average Bonchev–Trinajstić information content (AvgIpc) is 2.78. The van der Waals surface area contributed by atoms with Crippen molar-refractivity contribution >= 4 is 18.0 Å². The molecule has 0 aliphatic carbocycles. The van der Waals surface area contributed by atoms with Crippen molar-refractivity contribution in [2.45, 2.75) is 6.92 Å². The largest absolute Gasteiger partial charge is 0.497 e. The van der Waals surface area contributed by atoms with E-state index in [-0.39, 0.29) is 10.3 Å². The lowest BCUT2D eigenvalue weighted by molar-refractivity contribution is 0.101. The van der Waals surface area contributed by atoms with Crippen molar-refractivity contribution < 1.29 is 9.53 Å². The zero-order valence-electron chi connectivity index (χ0n) is 14.6. The van der Waals surface area contributed by atoms with Gasteiger partial charge in [0.1, 0.15) is 10.4 Å². The van der Waals surface area contributed by atoms with Crippen LogP contribution in [0.4, 0.5) is 0 Å². The second-order valence-corrected chi connectivity index (χ2v) is 5.99. The summed E-state index contributed by atoms with van der Waals surface area (Å²) in [6.07, 6.45) is 0. The van der Waals surface area contributed by atoms with Crippen molar-refractivity contribution in [1.82, 2.24) is 14.3 Å². The van der Waals surface area contributed by atoms with Gasteiger partial charge in [-0.3, -0.25) is 19.0 Å². The van der Waals surface area contributed by atoms with Gasteiger partial charge < -0.3 is 4.74 Å². The standard InChI is InChI=1S/C19H15N3O4S/c1-12(23)16-19(27)21(13-8-10-15(26-2)11-9-13)17(24)18(25)22(20-16)14-6-4-3-5-7-14/h3-11H,1-2H3. The molecule has 0 saturated carbocycles. The van der Waals surface area contributed by atoms with E-state index in [1.807, 2.05) is 0 Å². The Hall–Kier alpha value is -3.39. The number of hydrogen-bond donors (Lipinski definition) is 0. The molecule has 0 spiro atoms. The van der Waals surface area contributed by atoms with E-state index in [1.54, 1.807) is 54.6 Å². The molecule has 0 unspecified atom stereocenters. The van der Waals surface area contributed by atoms with Gasteiger partial charge in [0.2, 0.25) is 0 Å². The molecule has 27 heavy (non-hydrogen) atoms. The Bertz CT molecular complexity index is 1180. The molecule has 3 rings (SSSR count). The summed E-state index contributed by atoms with van der Waals surface area (Å²) in [6.45, 7) is 1.28. The molecule has 0 amide bonds. The molecule has 0 radical (unpaired) electrons. The first-order valence-electron chi connectivity index (χ1n) is 7.95. The van der Waals surface area contributed by atoms with Crippen molar-refractivity contribution in [3.05, 3.63) is 85.6 Å². The molecule has 0 fully saturated rings. The Balaban J connectivity index is 2.44. The number of ether oxygens (including phenoxy) is 1. The first-order valence-corrected chi connectivity index (χ1v) is 8.36. The van der Waals surface area contributed by atoms with Crippen molar-refractivity contribution in [2.24, 2.45) is 0 Å². The molecular formula is C19H15N3O4S. The second kappa shape index (κ2) is 7.46. The second-order valence-electron chi connectivity index (χ2n) is 5.60. The predicted octanol–water partition coefficient (Wildman–Crippen LogP) is 2.32. The van der Waals surface area contributed by atoms with Crippen molar-refractivity contribution in [3.8, 4) is 17.1 Å². The van der Waals surface area contributed by atoms with Gasteiger partial charge in [-0.25, -0.2) is 0 Å². The number of hydrogen-bond acceptors (Lipinski definition) is 6. The van der Waals surface area contributed by atoms with Crippen LogP contribution in [-0.2, 0) is 0 Å². The molecule has 0 aliphatic heterocycles. The van der Waals surface area contributed by atoms with Crippen LogP contribution in [0, 0.1) is 4.64 Å². The summed E-state index contributed by atoms with van der Waals surface area (Å²) in [6, 6.07) is 14.8. The fourth-order valence-electron chi connectivity index (χ4n) is 2.50. The lowest BCUT2D eigenvalue weighted by Crippen LogP contribution is -2.37. The summed E-state index contributed by atoms with van der Waals surface area (Å²) < 4.78 is 6.88. The molecule has 0 atom stereocenters. The molecule has 8 heteroatoms. The van der Waals surface area contributed by atoms with Crippen LogP contribution in [0.15, 0.2) is 64.2 Å². The average molecular weight is 381 g/mol. The third-order valence-corrected chi connectivity index (χ3v) is 4.22. The summed E-state index contributed by atoms with van der Waals surface area (Å²) in [4.78, 5) is 37.8. The van der Waals surface area contributed by atoms with Gasteiger partial charge in [-0.2, -0.15) is 9.78 Å². The topological polar surface area (TPSA) is 83.2 Å². The quantitative estimate of drug-likeness (QED) is 0.392. The normalized spacial score (nSPS) is 10.4. The molecule has 0 aliphatic rings. The number of Topliss-reactive ketones (excluding diaryl/α,β-unsaturated/α-hetero) is 1. The maximum absolute atomic E-state index is 12.9. The van der Waals surface area contributed by atoms with E-state index in [0.717, 1.165) is 9.25 Å². The molecule has 3 aromatic rings. The predicted molar refractivity (Wildman–Crippen MR) is 103 cm³/mol. The number of benzene rings is 2. The number of rotatable bonds is 4. The maximum atomic E-state index is 12.9. The molecular weight excluding hydrogens is 366 g/mol. The molecule has 1 heterocycles. The number of ketones is 1. The van der Waals surface area contributed by atoms with Crippen LogP contribution in [-0.4, -0.2) is 27.2 Å². The van der Waals surface area contributed by atoms with E-state index in [4.69, 9.17) is 17.0 Å². The smallest absolute Gasteiger partial charge is 0.337 e. The van der Waals surface area contributed by atoms with Crippen LogP contribution in [0.1, 0.15) is 17.4 Å². The third kappa shape index (κ3) is 3.47. The number of para-hydroxylation sites is 1. The highest BCUT2D eigenvalue weighted by molar-refractivity contribution is 7.71. The summed E-state index contributed by atoms with van der Waals surface area (Å²) in [5.41, 5.74) is -1.29. The Labute approximate surface area is 159 Å². The highest BCUT2D eigenvalue weighted by Gasteiger charge is 2.16. The van der Waals surface area contributed by atoms with Crippen LogP contribution in [0.3, 0.4) is 0 Å². The SMILES string of the molecule is COc1ccc(-n2c(=S)c(C(C)=O)nn(-c3ccccc3)c(=O)c2=O)cc1. The van der Waals surface area contributed by atoms with E-state index in [0.29, 0.717) is 17.1 Å². The van der Waals surface area contributed by atoms with Crippen LogP contribution < -0.4 is 15.9 Å². The number of methoxy groups -OCH3 is 1. The van der Waals surface area contributed by atoms with Gasteiger partial charge >= 0.3 is 11.1 Å². The lowest BCUT2D eigenvalue weighted by atomic mass is 10.3. The number of aromatic nitrogens is 3. The fraction of sp³-hybridized carbons (Fsp3) is 0.105. The minimum Gasteiger partial charge on any atom is -0.497 e. The van der Waals surface area contributed by atoms with Crippen LogP contribution >= 0.6 is 12.2 Å². The van der Waals surface area contributed by atoms with Crippen molar-refractivity contribution in [1.29, 1.82) is 0 Å². The maximum Gasteiger partial charge on any atom is 0.337 e. The minimum atomic E-state index is -0.921. The number of nitrogens with zero attached hydrogens (tertiary/aromatic N) is 3. The van der Waals surface area contributed by atoms with Crippen LogP contribution in [0.5, 0.6) is 5.75 Å². The number of carbonyl (C=O) groups excluding carboxylic acids is 1. The highest BCUT2D eigenvalue weighted by Crippen LogP contribution is 2.14. The van der Waals surface area contributed by atoms with Gasteiger partial charge in [-0.05, 0) is 36.4 Å². The molecule has 7 nitrogen and oxygen atoms in total. The third-order valence-electron chi connectivity index (χ3n) is 3.85. The summed E-state index contributed by atoms with van der Waals surface area (Å²) >= 11 is 5.33. The monoisotopic (exact) mass is 381 g/mol.